The van der Waals surface area contributed by atoms with Gasteiger partial charge in [0, 0.05) is 6.42 Å². The van der Waals surface area contributed by atoms with E-state index in [9.17, 15) is 9.90 Å². The maximum Gasteiger partial charge on any atom is 0.346 e. The van der Waals surface area contributed by atoms with Gasteiger partial charge in [0.25, 0.3) is 0 Å². The van der Waals surface area contributed by atoms with Crippen LogP contribution in [0.3, 0.4) is 0 Å². The molecule has 2 rings (SSSR count). The molecule has 0 radical (unpaired) electrons. The van der Waals surface area contributed by atoms with E-state index in [-0.39, 0.29) is 11.3 Å². The van der Waals surface area contributed by atoms with Crippen LogP contribution < -0.4 is 0 Å². The van der Waals surface area contributed by atoms with E-state index in [1.807, 2.05) is 30.4 Å². The third-order valence-corrected chi connectivity index (χ3v) is 2.53. The van der Waals surface area contributed by atoms with Crippen LogP contribution in [-0.4, -0.2) is 11.1 Å². The Hall–Kier alpha value is -2.29. The molecule has 0 fully saturated rings. The highest BCUT2D eigenvalue weighted by molar-refractivity contribution is 5.92. The van der Waals surface area contributed by atoms with Crippen LogP contribution >= 0.6 is 0 Å². The molecule has 1 aliphatic rings. The van der Waals surface area contributed by atoms with E-state index in [1.54, 1.807) is 12.1 Å². The van der Waals surface area contributed by atoms with Gasteiger partial charge >= 0.3 is 5.97 Å². The molecule has 0 saturated heterocycles. The summed E-state index contributed by atoms with van der Waals surface area (Å²) in [7, 11) is 0. The summed E-state index contributed by atoms with van der Waals surface area (Å²) in [6, 6.07) is 6.35. The molecule has 1 aliphatic carbocycles. The number of carbonyl (C=O) groups is 1. The largest absolute Gasteiger partial charge is 0.507 e. The fourth-order valence-corrected chi connectivity index (χ4v) is 1.61. The Bertz CT molecular complexity index is 524. The maximum absolute atomic E-state index is 11.9. The SMILES string of the molecule is O=C(O/C1=C/C/C=C\C=CC1)c1ccccc1O. The standard InChI is InChI=1S/C15H14O3/c16-14-11-7-6-10-13(14)15(17)18-12-8-4-2-1-3-5-9-12/h1-4,6-7,9-11,16H,5,8H2/b3-1-,4-2?,12-9+. The summed E-state index contributed by atoms with van der Waals surface area (Å²) < 4.78 is 5.27. The minimum Gasteiger partial charge on any atom is -0.507 e. The number of aromatic hydroxyl groups is 1. The molecule has 0 aliphatic heterocycles. The van der Waals surface area contributed by atoms with E-state index in [2.05, 4.69) is 0 Å². The Morgan fingerprint density at radius 3 is 2.78 bits per heavy atom. The van der Waals surface area contributed by atoms with Crippen molar-refractivity contribution in [2.24, 2.45) is 0 Å². The van der Waals surface area contributed by atoms with Crippen molar-refractivity contribution in [2.75, 3.05) is 0 Å². The van der Waals surface area contributed by atoms with Gasteiger partial charge in [0.15, 0.2) is 0 Å². The van der Waals surface area contributed by atoms with Crippen LogP contribution in [0.2, 0.25) is 0 Å². The molecule has 3 heteroatoms. The molecule has 0 saturated carbocycles. The average Bonchev–Trinajstić information content (AvgIpc) is 2.33. The van der Waals surface area contributed by atoms with E-state index in [0.717, 1.165) is 6.42 Å². The lowest BCUT2D eigenvalue weighted by Gasteiger charge is -2.08. The molecule has 0 unspecified atom stereocenters. The second kappa shape index (κ2) is 5.87. The van der Waals surface area contributed by atoms with Crippen LogP contribution in [0.4, 0.5) is 0 Å². The second-order valence-corrected chi connectivity index (χ2v) is 3.87. The van der Waals surface area contributed by atoms with Crippen molar-refractivity contribution in [3.63, 3.8) is 0 Å². The van der Waals surface area contributed by atoms with Gasteiger partial charge in [-0.25, -0.2) is 4.79 Å². The fraction of sp³-hybridized carbons (Fsp3) is 0.133. The van der Waals surface area contributed by atoms with Gasteiger partial charge in [-0.3, -0.25) is 0 Å². The molecular weight excluding hydrogens is 228 g/mol. The van der Waals surface area contributed by atoms with Crippen molar-refractivity contribution in [2.45, 2.75) is 12.8 Å². The van der Waals surface area contributed by atoms with Gasteiger partial charge in [-0.2, -0.15) is 0 Å². The van der Waals surface area contributed by atoms with Gasteiger partial charge in [-0.05, 0) is 24.6 Å². The first kappa shape index (κ1) is 12.2. The van der Waals surface area contributed by atoms with E-state index in [1.165, 1.54) is 12.1 Å². The monoisotopic (exact) mass is 242 g/mol. The number of esters is 1. The van der Waals surface area contributed by atoms with Crippen LogP contribution in [0.1, 0.15) is 23.2 Å². The third kappa shape index (κ3) is 3.10. The minimum atomic E-state index is -0.530. The molecule has 3 nitrogen and oxygen atoms in total. The van der Waals surface area contributed by atoms with Crippen molar-refractivity contribution in [1.82, 2.24) is 0 Å². The highest BCUT2D eigenvalue weighted by Crippen LogP contribution is 2.19. The van der Waals surface area contributed by atoms with Crippen LogP contribution in [0, 0.1) is 0 Å². The third-order valence-electron chi connectivity index (χ3n) is 2.53. The van der Waals surface area contributed by atoms with E-state index < -0.39 is 5.97 Å². The van der Waals surface area contributed by atoms with Gasteiger partial charge in [-0.1, -0.05) is 36.4 Å². The van der Waals surface area contributed by atoms with Crippen LogP contribution in [0.5, 0.6) is 5.75 Å². The summed E-state index contributed by atoms with van der Waals surface area (Å²) in [6.07, 6.45) is 10.9. The average molecular weight is 242 g/mol. The summed E-state index contributed by atoms with van der Waals surface area (Å²) in [5, 5.41) is 9.57. The van der Waals surface area contributed by atoms with Crippen LogP contribution in [-0.2, 0) is 4.74 Å². The first-order valence-electron chi connectivity index (χ1n) is 5.78. The predicted octanol–water partition coefficient (Wildman–Crippen LogP) is 3.34. The summed E-state index contributed by atoms with van der Waals surface area (Å²) in [5.41, 5.74) is 0.181. The predicted molar refractivity (Wildman–Crippen MR) is 69.1 cm³/mol. The lowest BCUT2D eigenvalue weighted by atomic mass is 10.2. The fourth-order valence-electron chi connectivity index (χ4n) is 1.61. The topological polar surface area (TPSA) is 46.5 Å². The molecule has 0 heterocycles. The molecular formula is C15H14O3. The molecule has 0 amide bonds. The molecule has 18 heavy (non-hydrogen) atoms. The van der Waals surface area contributed by atoms with Gasteiger partial charge in [0.05, 0.1) is 0 Å². The van der Waals surface area contributed by atoms with Gasteiger partial charge in [0.1, 0.15) is 17.1 Å². The Labute approximate surface area is 106 Å². The number of phenols is 1. The molecule has 92 valence electrons. The highest BCUT2D eigenvalue weighted by Gasteiger charge is 2.13. The number of rotatable bonds is 2. The number of ether oxygens (including phenoxy) is 1. The molecule has 1 N–H and O–H groups in total. The number of phenolic OH excluding ortho intramolecular Hbond substituents is 1. The van der Waals surface area contributed by atoms with Crippen molar-refractivity contribution < 1.29 is 14.6 Å². The van der Waals surface area contributed by atoms with Gasteiger partial charge in [0.2, 0.25) is 0 Å². The summed E-state index contributed by atoms with van der Waals surface area (Å²) in [4.78, 5) is 11.9. The number of allylic oxidation sites excluding steroid dienone is 5. The number of para-hydroxylation sites is 1. The van der Waals surface area contributed by atoms with Gasteiger partial charge in [-0.15, -0.1) is 0 Å². The number of hydrogen-bond donors (Lipinski definition) is 1. The summed E-state index contributed by atoms with van der Waals surface area (Å²) >= 11 is 0. The first-order valence-corrected chi connectivity index (χ1v) is 5.78. The zero-order chi connectivity index (χ0) is 12.8. The molecule has 0 aromatic heterocycles. The number of carbonyl (C=O) groups excluding carboxylic acids is 1. The highest BCUT2D eigenvalue weighted by atomic mass is 16.5. The molecule has 0 spiro atoms. The Balaban J connectivity index is 2.10. The number of benzene rings is 1. The van der Waals surface area contributed by atoms with Crippen molar-refractivity contribution in [1.29, 1.82) is 0 Å². The zero-order valence-corrected chi connectivity index (χ0v) is 9.87. The van der Waals surface area contributed by atoms with E-state index in [0.29, 0.717) is 12.2 Å². The van der Waals surface area contributed by atoms with E-state index >= 15 is 0 Å². The minimum absolute atomic E-state index is 0.0654. The van der Waals surface area contributed by atoms with Crippen molar-refractivity contribution in [3.05, 3.63) is 66.0 Å². The quantitative estimate of drug-likeness (QED) is 0.809. The summed E-state index contributed by atoms with van der Waals surface area (Å²) in [6.45, 7) is 0. The summed E-state index contributed by atoms with van der Waals surface area (Å²) in [5.74, 6) is 0.00513. The molecule has 1 aromatic carbocycles. The first-order chi connectivity index (χ1) is 8.77. The maximum atomic E-state index is 11.9. The van der Waals surface area contributed by atoms with Crippen molar-refractivity contribution in [3.8, 4) is 5.75 Å². The number of hydrogen-bond acceptors (Lipinski definition) is 3. The van der Waals surface area contributed by atoms with Crippen LogP contribution in [0.25, 0.3) is 0 Å². The molecule has 1 aromatic rings. The smallest absolute Gasteiger partial charge is 0.346 e. The molecule has 0 atom stereocenters. The van der Waals surface area contributed by atoms with Crippen LogP contribution in [0.15, 0.2) is 60.4 Å². The zero-order valence-electron chi connectivity index (χ0n) is 9.87. The van der Waals surface area contributed by atoms with Crippen molar-refractivity contribution >= 4 is 5.97 Å². The normalized spacial score (nSPS) is 19.2. The Morgan fingerprint density at radius 1 is 1.17 bits per heavy atom. The molecule has 0 bridgehead atoms. The van der Waals surface area contributed by atoms with E-state index in [4.69, 9.17) is 4.74 Å². The Kier molecular flexibility index (Phi) is 3.97. The lowest BCUT2D eigenvalue weighted by Crippen LogP contribution is -2.05. The van der Waals surface area contributed by atoms with Gasteiger partial charge < -0.3 is 9.84 Å². The lowest BCUT2D eigenvalue weighted by molar-refractivity contribution is 0.0615. The second-order valence-electron chi connectivity index (χ2n) is 3.87. The Morgan fingerprint density at radius 2 is 1.94 bits per heavy atom.